The zero-order valence-corrected chi connectivity index (χ0v) is 16.2. The zero-order valence-electron chi connectivity index (χ0n) is 11.5. The number of hydrogen-bond acceptors (Lipinski definition) is 5. The summed E-state index contributed by atoms with van der Waals surface area (Å²) in [6, 6.07) is 3.45. The summed E-state index contributed by atoms with van der Waals surface area (Å²) in [7, 11) is 0. The standard InChI is InChI=1S/C13H14BrNO5.K/c14-9-1-2-10(8-3-4-20-12(8)9)15-13(19)7(6-16)5-11(17)18;/h1-2,7,16H,3-6H2,(H,15,19)(H,17,18);/q;+1/p-1. The van der Waals surface area contributed by atoms with Crippen LogP contribution in [0, 0.1) is 5.92 Å². The second-order valence-corrected chi connectivity index (χ2v) is 5.30. The molecule has 1 aliphatic rings. The first-order valence-corrected chi connectivity index (χ1v) is 6.88. The number of aliphatic hydroxyl groups excluding tert-OH is 1. The van der Waals surface area contributed by atoms with Crippen LogP contribution in [-0.4, -0.2) is 30.2 Å². The van der Waals surface area contributed by atoms with Crippen LogP contribution in [0.3, 0.4) is 0 Å². The molecule has 1 aromatic rings. The third-order valence-corrected chi connectivity index (χ3v) is 3.70. The maximum absolute atomic E-state index is 11.9. The number of benzene rings is 1. The number of carbonyl (C=O) groups is 2. The maximum atomic E-state index is 11.9. The van der Waals surface area contributed by atoms with E-state index in [0.717, 1.165) is 10.0 Å². The number of fused-ring (bicyclic) bond motifs is 1. The fourth-order valence-electron chi connectivity index (χ4n) is 2.05. The molecule has 0 saturated carbocycles. The monoisotopic (exact) mass is 381 g/mol. The second-order valence-electron chi connectivity index (χ2n) is 4.45. The van der Waals surface area contributed by atoms with Crippen molar-refractivity contribution in [1.82, 2.24) is 0 Å². The SMILES string of the molecule is O=C([O-])CC(CO)C(=O)Nc1ccc(Br)c2c1CCO2.[K+]. The van der Waals surface area contributed by atoms with Crippen LogP contribution in [0.25, 0.3) is 0 Å². The van der Waals surface area contributed by atoms with E-state index in [1.165, 1.54) is 0 Å². The first kappa shape index (κ1) is 19.1. The van der Waals surface area contributed by atoms with E-state index in [2.05, 4.69) is 21.2 Å². The summed E-state index contributed by atoms with van der Waals surface area (Å²) >= 11 is 3.36. The molecule has 2 rings (SSSR count). The Labute approximate surface area is 172 Å². The Bertz CT molecular complexity index is 552. The van der Waals surface area contributed by atoms with Crippen molar-refractivity contribution in [3.8, 4) is 5.75 Å². The average molecular weight is 382 g/mol. The van der Waals surface area contributed by atoms with E-state index < -0.39 is 30.8 Å². The molecular weight excluding hydrogens is 369 g/mol. The number of carbonyl (C=O) groups excluding carboxylic acids is 2. The van der Waals surface area contributed by atoms with Crippen LogP contribution in [0.4, 0.5) is 5.69 Å². The zero-order chi connectivity index (χ0) is 14.7. The van der Waals surface area contributed by atoms with Gasteiger partial charge in [-0.2, -0.15) is 0 Å². The molecule has 2 N–H and O–H groups in total. The summed E-state index contributed by atoms with van der Waals surface area (Å²) in [4.78, 5) is 22.5. The van der Waals surface area contributed by atoms with Gasteiger partial charge in [0.05, 0.1) is 23.6 Å². The Morgan fingerprint density at radius 2 is 2.19 bits per heavy atom. The Kier molecular flexibility index (Phi) is 7.83. The Hall–Kier alpha value is 0.0364. The van der Waals surface area contributed by atoms with Crippen molar-refractivity contribution in [2.75, 3.05) is 18.5 Å². The van der Waals surface area contributed by atoms with Crippen LogP contribution in [-0.2, 0) is 16.0 Å². The summed E-state index contributed by atoms with van der Waals surface area (Å²) < 4.78 is 6.25. The van der Waals surface area contributed by atoms with Crippen LogP contribution in [0.2, 0.25) is 0 Å². The van der Waals surface area contributed by atoms with Gasteiger partial charge in [-0.15, -0.1) is 0 Å². The first-order valence-electron chi connectivity index (χ1n) is 6.08. The van der Waals surface area contributed by atoms with Gasteiger partial charge in [-0.1, -0.05) is 0 Å². The molecule has 6 nitrogen and oxygen atoms in total. The van der Waals surface area contributed by atoms with Gasteiger partial charge in [0.2, 0.25) is 5.91 Å². The summed E-state index contributed by atoms with van der Waals surface area (Å²) in [5, 5.41) is 22.2. The number of halogens is 1. The van der Waals surface area contributed by atoms with E-state index in [-0.39, 0.29) is 51.4 Å². The minimum atomic E-state index is -1.37. The largest absolute Gasteiger partial charge is 1.00 e. The molecule has 1 atom stereocenters. The molecule has 1 amide bonds. The number of aliphatic carboxylic acids is 1. The van der Waals surface area contributed by atoms with Crippen molar-refractivity contribution in [3.05, 3.63) is 22.2 Å². The van der Waals surface area contributed by atoms with Gasteiger partial charge in [0.25, 0.3) is 0 Å². The number of carboxylic acids is 1. The maximum Gasteiger partial charge on any atom is 1.00 e. The minimum Gasteiger partial charge on any atom is -0.550 e. The summed E-state index contributed by atoms with van der Waals surface area (Å²) in [5.41, 5.74) is 1.43. The number of aliphatic hydroxyl groups is 1. The van der Waals surface area contributed by atoms with Crippen molar-refractivity contribution in [3.63, 3.8) is 0 Å². The van der Waals surface area contributed by atoms with Gasteiger partial charge in [0.15, 0.2) is 0 Å². The topological polar surface area (TPSA) is 98.7 Å². The number of anilines is 1. The quantitative estimate of drug-likeness (QED) is 0.532. The number of amides is 1. The van der Waals surface area contributed by atoms with Crippen LogP contribution >= 0.6 is 15.9 Å². The molecule has 0 saturated heterocycles. The van der Waals surface area contributed by atoms with E-state index in [1.54, 1.807) is 12.1 Å². The van der Waals surface area contributed by atoms with Crippen molar-refractivity contribution >= 4 is 33.5 Å². The summed E-state index contributed by atoms with van der Waals surface area (Å²) in [6.07, 6.45) is 0.145. The molecule has 108 valence electrons. The Morgan fingerprint density at radius 1 is 1.48 bits per heavy atom. The smallest absolute Gasteiger partial charge is 0.550 e. The van der Waals surface area contributed by atoms with E-state index in [9.17, 15) is 14.7 Å². The van der Waals surface area contributed by atoms with E-state index in [1.807, 2.05) is 0 Å². The molecule has 1 aromatic carbocycles. The van der Waals surface area contributed by atoms with Crippen LogP contribution < -0.4 is 66.5 Å². The van der Waals surface area contributed by atoms with E-state index in [4.69, 9.17) is 9.84 Å². The van der Waals surface area contributed by atoms with Gasteiger partial charge in [-0.05, 0) is 28.1 Å². The number of carboxylic acid groups (broad SMARTS) is 1. The fraction of sp³-hybridized carbons (Fsp3) is 0.385. The molecule has 0 aromatic heterocycles. The van der Waals surface area contributed by atoms with E-state index in [0.29, 0.717) is 24.5 Å². The van der Waals surface area contributed by atoms with Crippen LogP contribution in [0.1, 0.15) is 12.0 Å². The minimum absolute atomic E-state index is 0. The van der Waals surface area contributed by atoms with E-state index >= 15 is 0 Å². The summed E-state index contributed by atoms with van der Waals surface area (Å²) in [5.74, 6) is -2.26. The van der Waals surface area contributed by atoms with Crippen molar-refractivity contribution in [2.24, 2.45) is 5.92 Å². The molecular formula is C13H13BrKNO5. The van der Waals surface area contributed by atoms with Gasteiger partial charge in [-0.3, -0.25) is 4.79 Å². The second kappa shape index (κ2) is 8.61. The van der Waals surface area contributed by atoms with Gasteiger partial charge >= 0.3 is 51.4 Å². The van der Waals surface area contributed by atoms with Crippen molar-refractivity contribution < 1.29 is 75.9 Å². The molecule has 1 unspecified atom stereocenters. The normalized spacial score (nSPS) is 13.6. The summed E-state index contributed by atoms with van der Waals surface area (Å²) in [6.45, 7) is -0.0156. The predicted octanol–water partition coefficient (Wildman–Crippen LogP) is -2.92. The van der Waals surface area contributed by atoms with Gasteiger partial charge in [-0.25, -0.2) is 0 Å². The number of hydrogen-bond donors (Lipinski definition) is 2. The van der Waals surface area contributed by atoms with Gasteiger partial charge in [0.1, 0.15) is 5.75 Å². The average Bonchev–Trinajstić information content (AvgIpc) is 2.89. The van der Waals surface area contributed by atoms with Crippen LogP contribution in [0.5, 0.6) is 5.75 Å². The van der Waals surface area contributed by atoms with Gasteiger partial charge < -0.3 is 25.1 Å². The Morgan fingerprint density at radius 3 is 2.81 bits per heavy atom. The first-order chi connectivity index (χ1) is 9.52. The van der Waals surface area contributed by atoms with Gasteiger partial charge in [0, 0.05) is 30.1 Å². The third-order valence-electron chi connectivity index (χ3n) is 3.07. The molecule has 0 bridgehead atoms. The molecule has 1 aliphatic heterocycles. The van der Waals surface area contributed by atoms with Crippen molar-refractivity contribution in [1.29, 1.82) is 0 Å². The molecule has 0 radical (unpaired) electrons. The molecule has 0 spiro atoms. The molecule has 1 heterocycles. The molecule has 0 fully saturated rings. The Balaban J connectivity index is 0.00000220. The number of ether oxygens (including phenoxy) is 1. The number of rotatable bonds is 5. The molecule has 0 aliphatic carbocycles. The van der Waals surface area contributed by atoms with Crippen molar-refractivity contribution in [2.45, 2.75) is 12.8 Å². The third kappa shape index (κ3) is 4.75. The predicted molar refractivity (Wildman–Crippen MR) is 72.2 cm³/mol. The number of nitrogens with one attached hydrogen (secondary N) is 1. The molecule has 8 heteroatoms. The fourth-order valence-corrected chi connectivity index (χ4v) is 2.54. The molecule has 21 heavy (non-hydrogen) atoms. The van der Waals surface area contributed by atoms with Crippen LogP contribution in [0.15, 0.2) is 16.6 Å².